The van der Waals surface area contributed by atoms with Crippen molar-refractivity contribution in [3.8, 4) is 0 Å². The molecule has 2 fully saturated rings. The first-order chi connectivity index (χ1) is 23.6. The molecule has 256 valence electrons. The lowest BCUT2D eigenvalue weighted by Gasteiger charge is -2.33. The third kappa shape index (κ3) is 11.0. The van der Waals surface area contributed by atoms with Crippen molar-refractivity contribution in [2.45, 2.75) is 38.4 Å². The fourth-order valence-corrected chi connectivity index (χ4v) is 5.75. The highest BCUT2D eigenvalue weighted by Gasteiger charge is 2.21. The molecule has 0 saturated carbocycles. The number of esters is 1. The number of nitrogens with two attached hydrogens (primary N) is 1. The van der Waals surface area contributed by atoms with E-state index < -0.39 is 0 Å². The first kappa shape index (κ1) is 34.7. The van der Waals surface area contributed by atoms with Crippen LogP contribution in [0.4, 0.5) is 17.6 Å². The predicted molar refractivity (Wildman–Crippen MR) is 191 cm³/mol. The van der Waals surface area contributed by atoms with E-state index in [2.05, 4.69) is 66.2 Å². The molecule has 2 saturated heterocycles. The van der Waals surface area contributed by atoms with Gasteiger partial charge in [0.05, 0.1) is 38.1 Å². The molecule has 1 aromatic heterocycles. The van der Waals surface area contributed by atoms with Gasteiger partial charge in [0, 0.05) is 64.1 Å². The van der Waals surface area contributed by atoms with Crippen LogP contribution in [0.3, 0.4) is 0 Å². The summed E-state index contributed by atoms with van der Waals surface area (Å²) in [5, 5.41) is 14.3. The van der Waals surface area contributed by atoms with Gasteiger partial charge in [-0.15, -0.1) is 0 Å². The molecule has 13 nitrogen and oxygen atoms in total. The van der Waals surface area contributed by atoms with Crippen molar-refractivity contribution in [2.24, 2.45) is 15.9 Å². The van der Waals surface area contributed by atoms with Crippen LogP contribution >= 0.6 is 0 Å². The Hall–Kier alpha value is -4.59. The number of hydrogen-bond donors (Lipinski definition) is 4. The molecular formula is C35H48N10O3. The molecule has 3 aromatic rings. The van der Waals surface area contributed by atoms with Gasteiger partial charge >= 0.3 is 5.97 Å². The molecule has 0 atom stereocenters. The van der Waals surface area contributed by atoms with Crippen molar-refractivity contribution in [1.82, 2.24) is 20.2 Å². The van der Waals surface area contributed by atoms with Crippen LogP contribution in [-0.2, 0) is 22.6 Å². The Morgan fingerprint density at radius 3 is 2.60 bits per heavy atom. The summed E-state index contributed by atoms with van der Waals surface area (Å²) in [5.74, 6) is 7.55. The van der Waals surface area contributed by atoms with Crippen molar-refractivity contribution in [2.75, 3.05) is 81.7 Å². The van der Waals surface area contributed by atoms with Gasteiger partial charge in [0.2, 0.25) is 5.95 Å². The van der Waals surface area contributed by atoms with Gasteiger partial charge in [-0.3, -0.25) is 9.89 Å². The highest BCUT2D eigenvalue weighted by atomic mass is 16.5. The van der Waals surface area contributed by atoms with E-state index in [0.717, 1.165) is 75.7 Å². The van der Waals surface area contributed by atoms with Crippen LogP contribution in [0.5, 0.6) is 0 Å². The number of methoxy groups -OCH3 is 1. The van der Waals surface area contributed by atoms with E-state index in [1.807, 2.05) is 24.3 Å². The number of nitrogens with zero attached hydrogens (tertiary/aromatic N) is 6. The zero-order valence-electron chi connectivity index (χ0n) is 27.8. The van der Waals surface area contributed by atoms with Crippen LogP contribution in [0.2, 0.25) is 0 Å². The second kappa shape index (κ2) is 18.7. The topological polar surface area (TPSA) is 155 Å². The molecule has 0 radical (unpaired) electrons. The minimum atomic E-state index is -0.336. The van der Waals surface area contributed by atoms with E-state index in [9.17, 15) is 4.79 Å². The molecule has 0 unspecified atom stereocenters. The van der Waals surface area contributed by atoms with E-state index in [1.54, 1.807) is 12.3 Å². The number of nitrogens with one attached hydrogen (secondary N) is 3. The van der Waals surface area contributed by atoms with Crippen molar-refractivity contribution in [1.29, 1.82) is 0 Å². The largest absolute Gasteiger partial charge is 0.465 e. The van der Waals surface area contributed by atoms with Gasteiger partial charge in [-0.25, -0.2) is 4.79 Å². The van der Waals surface area contributed by atoms with Crippen LogP contribution in [-0.4, -0.2) is 105 Å². The van der Waals surface area contributed by atoms with Crippen LogP contribution in [0.1, 0.15) is 40.7 Å². The average Bonchev–Trinajstić information content (AvgIpc) is 3.13. The predicted octanol–water partition coefficient (Wildman–Crippen LogP) is 3.15. The number of ether oxygens (including phenoxy) is 2. The van der Waals surface area contributed by atoms with Gasteiger partial charge in [-0.05, 0) is 49.1 Å². The monoisotopic (exact) mass is 656 g/mol. The maximum absolute atomic E-state index is 11.7. The maximum Gasteiger partial charge on any atom is 0.337 e. The summed E-state index contributed by atoms with van der Waals surface area (Å²) >= 11 is 0. The van der Waals surface area contributed by atoms with Crippen LogP contribution < -0.4 is 26.7 Å². The Balaban J connectivity index is 1.09. The van der Waals surface area contributed by atoms with Gasteiger partial charge in [0.1, 0.15) is 11.6 Å². The van der Waals surface area contributed by atoms with Crippen molar-refractivity contribution in [3.63, 3.8) is 0 Å². The molecule has 5 N–H and O–H groups in total. The Labute approximate surface area is 283 Å². The number of hydrazone groups is 1. The number of benzene rings is 2. The molecule has 0 spiro atoms. The molecule has 2 aromatic carbocycles. The minimum Gasteiger partial charge on any atom is -0.465 e. The molecule has 13 heteroatoms. The van der Waals surface area contributed by atoms with Gasteiger partial charge in [0.25, 0.3) is 0 Å². The normalized spacial score (nSPS) is 16.3. The molecule has 0 bridgehead atoms. The Morgan fingerprint density at radius 2 is 1.83 bits per heavy atom. The number of aliphatic imine (C=N–C) groups is 1. The second-order valence-electron chi connectivity index (χ2n) is 11.9. The number of morpholine rings is 1. The number of carbonyl (C=O) groups excluding carboxylic acids is 1. The van der Waals surface area contributed by atoms with Crippen LogP contribution in [0.15, 0.2) is 70.8 Å². The number of likely N-dealkylation sites (tertiary alicyclic amines) is 1. The summed E-state index contributed by atoms with van der Waals surface area (Å²) < 4.78 is 10.4. The van der Waals surface area contributed by atoms with E-state index in [1.165, 1.54) is 12.7 Å². The summed E-state index contributed by atoms with van der Waals surface area (Å²) in [5.41, 5.74) is 3.52. The number of aromatic nitrogens is 2. The summed E-state index contributed by atoms with van der Waals surface area (Å²) in [4.78, 5) is 30.6. The number of carbonyl (C=O) groups is 1. The zero-order chi connectivity index (χ0) is 33.4. The van der Waals surface area contributed by atoms with Crippen LogP contribution in [0, 0.1) is 0 Å². The zero-order valence-corrected chi connectivity index (χ0v) is 27.8. The van der Waals surface area contributed by atoms with Gasteiger partial charge in [0.15, 0.2) is 0 Å². The van der Waals surface area contributed by atoms with Crippen molar-refractivity contribution >= 4 is 35.5 Å². The first-order valence-electron chi connectivity index (χ1n) is 16.7. The lowest BCUT2D eigenvalue weighted by atomic mass is 10.0. The van der Waals surface area contributed by atoms with Crippen molar-refractivity contribution in [3.05, 3.63) is 77.4 Å². The minimum absolute atomic E-state index is 0.336. The summed E-state index contributed by atoms with van der Waals surface area (Å²) in [6.07, 6.45) is 4.63. The third-order valence-corrected chi connectivity index (χ3v) is 8.39. The molecule has 0 aliphatic carbocycles. The highest BCUT2D eigenvalue weighted by Crippen LogP contribution is 2.23. The molecule has 2 aliphatic heterocycles. The molecular weight excluding hydrogens is 608 g/mol. The number of hydrogen-bond acceptors (Lipinski definition) is 13. The smallest absolute Gasteiger partial charge is 0.337 e. The Bertz CT molecular complexity index is 1490. The molecule has 3 heterocycles. The Kier molecular flexibility index (Phi) is 13.5. The summed E-state index contributed by atoms with van der Waals surface area (Å²) in [6, 6.07) is 20.4. The van der Waals surface area contributed by atoms with E-state index in [0.29, 0.717) is 56.1 Å². The summed E-state index contributed by atoms with van der Waals surface area (Å²) in [6.45, 7) is 8.37. The fraction of sp³-hybridized carbons (Fsp3) is 0.457. The second-order valence-corrected chi connectivity index (χ2v) is 11.9. The number of rotatable bonds is 16. The lowest BCUT2D eigenvalue weighted by Crippen LogP contribution is -2.39. The molecule has 0 amide bonds. The number of piperidine rings is 1. The van der Waals surface area contributed by atoms with E-state index in [4.69, 9.17) is 25.3 Å². The SMILES string of the molecule is COC(=O)c1cccc(CNCCCN=CC(CNc2nc(NC3CCN(Cc4ccccc4)CC3)cc(N3CCOCC3)n2)=NN)c1. The molecule has 5 rings (SSSR count). The van der Waals surface area contributed by atoms with Crippen molar-refractivity contribution < 1.29 is 14.3 Å². The van der Waals surface area contributed by atoms with E-state index in [-0.39, 0.29) is 5.97 Å². The van der Waals surface area contributed by atoms with Gasteiger partial charge < -0.3 is 36.2 Å². The van der Waals surface area contributed by atoms with Crippen LogP contribution in [0.25, 0.3) is 0 Å². The standard InChI is InChI=1S/C35H48N10O3/c1-47-34(46)29-10-5-9-28(21-29)23-37-13-6-14-38-24-31(43-36)25-39-35-41-32(22-33(42-35)45-17-19-48-20-18-45)40-30-11-15-44(16-12-30)26-27-7-3-2-4-8-27/h2-5,7-10,21-22,24,30,37H,6,11-20,23,25-26,36H2,1H3,(H2,39,40,41,42). The molecule has 2 aliphatic rings. The fourth-order valence-electron chi connectivity index (χ4n) is 5.75. The Morgan fingerprint density at radius 1 is 1.04 bits per heavy atom. The quantitative estimate of drug-likeness (QED) is 0.0591. The molecule has 48 heavy (non-hydrogen) atoms. The third-order valence-electron chi connectivity index (χ3n) is 8.39. The summed E-state index contributed by atoms with van der Waals surface area (Å²) in [7, 11) is 1.38. The maximum atomic E-state index is 11.7. The lowest BCUT2D eigenvalue weighted by molar-refractivity contribution is 0.0600. The highest BCUT2D eigenvalue weighted by molar-refractivity contribution is 6.32. The number of anilines is 3. The van der Waals surface area contributed by atoms with Gasteiger partial charge in [-0.1, -0.05) is 42.5 Å². The van der Waals surface area contributed by atoms with Gasteiger partial charge in [-0.2, -0.15) is 15.1 Å². The van der Waals surface area contributed by atoms with E-state index >= 15 is 0 Å². The average molecular weight is 657 g/mol. The first-order valence-corrected chi connectivity index (χ1v) is 16.7.